The van der Waals surface area contributed by atoms with E-state index < -0.39 is 10.0 Å². The fourth-order valence-electron chi connectivity index (χ4n) is 4.15. The fourth-order valence-corrected chi connectivity index (χ4v) is 5.38. The number of nitriles is 1. The van der Waals surface area contributed by atoms with Crippen LogP contribution in [0.1, 0.15) is 23.1 Å². The first-order valence-electron chi connectivity index (χ1n) is 11.2. The lowest BCUT2D eigenvalue weighted by Crippen LogP contribution is -2.28. The van der Waals surface area contributed by atoms with Crippen LogP contribution in [-0.2, 0) is 10.0 Å². The number of halogens is 2. The van der Waals surface area contributed by atoms with E-state index in [2.05, 4.69) is 15.9 Å². The summed E-state index contributed by atoms with van der Waals surface area (Å²) in [6.07, 6.45) is 0.878. The second-order valence-corrected chi connectivity index (χ2v) is 11.1. The van der Waals surface area contributed by atoms with Crippen LogP contribution in [0.3, 0.4) is 0 Å². The van der Waals surface area contributed by atoms with Gasteiger partial charge >= 0.3 is 0 Å². The molecule has 0 bridgehead atoms. The Balaban J connectivity index is 1.79. The number of likely N-dealkylation sites (N-methyl/N-ethyl adjacent to an activating group) is 1. The standard InChI is InChI=1S/C26H25Cl2N3O4S/c1-16-17(2)25(28)21(14-29)26(35-30-36(32,33)20-7-5-4-6-8-20)24(16)18-9-10-22(27)23(13-18)34-19-11-12-31(3)15-19/h4-10,13,19,30H,11-12,15H2,1-3H3/t19-/m1/s1. The quantitative estimate of drug-likeness (QED) is 0.394. The van der Waals surface area contributed by atoms with Gasteiger partial charge in [-0.05, 0) is 73.2 Å². The maximum absolute atomic E-state index is 12.8. The van der Waals surface area contributed by atoms with Gasteiger partial charge in [0.05, 0.1) is 14.9 Å². The minimum Gasteiger partial charge on any atom is -0.487 e. The minimum absolute atomic E-state index is 0.000946. The van der Waals surface area contributed by atoms with Gasteiger partial charge in [-0.15, -0.1) is 0 Å². The molecular weight excluding hydrogens is 521 g/mol. The van der Waals surface area contributed by atoms with Crippen molar-refractivity contribution in [1.82, 2.24) is 9.79 Å². The molecule has 36 heavy (non-hydrogen) atoms. The number of sulfonamides is 1. The molecule has 0 spiro atoms. The van der Waals surface area contributed by atoms with E-state index in [1.165, 1.54) is 12.1 Å². The molecule has 3 aromatic rings. The van der Waals surface area contributed by atoms with Gasteiger partial charge in [0.1, 0.15) is 23.5 Å². The molecule has 0 amide bonds. The molecule has 1 fully saturated rings. The topological polar surface area (TPSA) is 91.7 Å². The average molecular weight is 546 g/mol. The van der Waals surface area contributed by atoms with Gasteiger partial charge in [-0.3, -0.25) is 0 Å². The van der Waals surface area contributed by atoms with Gasteiger partial charge in [0.15, 0.2) is 5.75 Å². The largest absolute Gasteiger partial charge is 0.487 e. The van der Waals surface area contributed by atoms with Crippen LogP contribution in [0.4, 0.5) is 0 Å². The maximum Gasteiger partial charge on any atom is 0.271 e. The summed E-state index contributed by atoms with van der Waals surface area (Å²) in [5.74, 6) is 0.495. The van der Waals surface area contributed by atoms with Gasteiger partial charge in [0, 0.05) is 18.7 Å². The molecule has 0 aromatic heterocycles. The predicted molar refractivity (Wildman–Crippen MR) is 140 cm³/mol. The first-order valence-corrected chi connectivity index (χ1v) is 13.5. The summed E-state index contributed by atoms with van der Waals surface area (Å²) in [4.78, 5) is 9.98. The van der Waals surface area contributed by atoms with E-state index in [-0.39, 0.29) is 27.3 Å². The second kappa shape index (κ2) is 10.7. The lowest BCUT2D eigenvalue weighted by molar-refractivity contribution is 0.208. The number of ether oxygens (including phenoxy) is 1. The van der Waals surface area contributed by atoms with Gasteiger partial charge in [-0.2, -0.15) is 5.26 Å². The van der Waals surface area contributed by atoms with Crippen molar-refractivity contribution in [2.45, 2.75) is 31.3 Å². The zero-order valence-electron chi connectivity index (χ0n) is 20.0. The van der Waals surface area contributed by atoms with Crippen LogP contribution in [0.2, 0.25) is 10.0 Å². The van der Waals surface area contributed by atoms with Gasteiger partial charge in [-0.25, -0.2) is 8.42 Å². The Morgan fingerprint density at radius 1 is 1.11 bits per heavy atom. The normalized spacial score (nSPS) is 16.1. The number of nitrogens with one attached hydrogen (secondary N) is 1. The third-order valence-corrected chi connectivity index (χ3v) is 8.20. The molecule has 0 radical (unpaired) electrons. The SMILES string of the molecule is Cc1c(C)c(-c2ccc(Cl)c(O[C@@H]3CCN(C)C3)c2)c(ONS(=O)(=O)c2ccccc2)c(C#N)c1Cl. The fraction of sp³-hybridized carbons (Fsp3) is 0.269. The third kappa shape index (κ3) is 5.31. The lowest BCUT2D eigenvalue weighted by atomic mass is 9.93. The average Bonchev–Trinajstić information content (AvgIpc) is 3.28. The van der Waals surface area contributed by atoms with Crippen molar-refractivity contribution >= 4 is 33.2 Å². The molecule has 1 heterocycles. The van der Waals surface area contributed by atoms with Crippen LogP contribution in [0.5, 0.6) is 11.5 Å². The molecule has 10 heteroatoms. The first-order chi connectivity index (χ1) is 17.1. The number of rotatable bonds is 7. The van der Waals surface area contributed by atoms with Crippen molar-refractivity contribution in [2.75, 3.05) is 20.1 Å². The molecule has 0 unspecified atom stereocenters. The van der Waals surface area contributed by atoms with Crippen molar-refractivity contribution in [1.29, 1.82) is 5.26 Å². The van der Waals surface area contributed by atoms with E-state index in [4.69, 9.17) is 32.8 Å². The Morgan fingerprint density at radius 3 is 2.47 bits per heavy atom. The Morgan fingerprint density at radius 2 is 1.83 bits per heavy atom. The van der Waals surface area contributed by atoms with Crippen LogP contribution in [-0.4, -0.2) is 39.6 Å². The first kappa shape index (κ1) is 26.3. The number of hydrogen-bond acceptors (Lipinski definition) is 6. The number of likely N-dealkylation sites (tertiary alicyclic amines) is 1. The predicted octanol–water partition coefficient (Wildman–Crippen LogP) is 5.50. The van der Waals surface area contributed by atoms with Crippen molar-refractivity contribution < 1.29 is 18.0 Å². The Kier molecular flexibility index (Phi) is 7.79. The van der Waals surface area contributed by atoms with Crippen LogP contribution in [0.15, 0.2) is 53.4 Å². The summed E-state index contributed by atoms with van der Waals surface area (Å²) in [7, 11) is -2.00. The number of nitrogens with zero attached hydrogens (tertiary/aromatic N) is 2. The van der Waals surface area contributed by atoms with Crippen molar-refractivity contribution in [3.63, 3.8) is 0 Å². The highest BCUT2D eigenvalue weighted by Crippen LogP contribution is 2.44. The zero-order valence-corrected chi connectivity index (χ0v) is 22.3. The molecular formula is C26H25Cl2N3O4S. The Bertz CT molecular complexity index is 1440. The number of benzene rings is 3. The molecule has 1 aliphatic rings. The molecule has 3 aromatic carbocycles. The van der Waals surface area contributed by atoms with Crippen LogP contribution in [0.25, 0.3) is 11.1 Å². The minimum atomic E-state index is -4.03. The molecule has 1 atom stereocenters. The Labute approximate surface area is 221 Å². The summed E-state index contributed by atoms with van der Waals surface area (Å²) in [6.45, 7) is 5.34. The molecule has 7 nitrogen and oxygen atoms in total. The lowest BCUT2D eigenvalue weighted by Gasteiger charge is -2.20. The van der Waals surface area contributed by atoms with Gasteiger partial charge in [0.25, 0.3) is 10.0 Å². The van der Waals surface area contributed by atoms with Gasteiger partial charge < -0.3 is 14.5 Å². The summed E-state index contributed by atoms with van der Waals surface area (Å²) in [5, 5.41) is 10.5. The molecule has 1 N–H and O–H groups in total. The molecule has 1 saturated heterocycles. The summed E-state index contributed by atoms with van der Waals surface area (Å²) in [6, 6.07) is 15.1. The zero-order chi connectivity index (χ0) is 26.0. The highest BCUT2D eigenvalue weighted by Gasteiger charge is 2.26. The molecule has 4 rings (SSSR count). The van der Waals surface area contributed by atoms with Crippen molar-refractivity contribution in [3.05, 3.63) is 75.3 Å². The van der Waals surface area contributed by atoms with E-state index in [9.17, 15) is 13.7 Å². The smallest absolute Gasteiger partial charge is 0.271 e. The monoisotopic (exact) mass is 545 g/mol. The summed E-state index contributed by atoms with van der Waals surface area (Å²) >= 11 is 12.9. The highest BCUT2D eigenvalue weighted by molar-refractivity contribution is 7.89. The van der Waals surface area contributed by atoms with Crippen LogP contribution in [0, 0.1) is 25.2 Å². The molecule has 1 aliphatic heterocycles. The van der Waals surface area contributed by atoms with Crippen LogP contribution >= 0.6 is 23.2 Å². The third-order valence-electron chi connectivity index (χ3n) is 6.22. The highest BCUT2D eigenvalue weighted by atomic mass is 35.5. The van der Waals surface area contributed by atoms with E-state index in [1.807, 2.05) is 14.0 Å². The van der Waals surface area contributed by atoms with Crippen LogP contribution < -0.4 is 14.5 Å². The van der Waals surface area contributed by atoms with E-state index in [1.54, 1.807) is 43.3 Å². The Hall–Kier alpha value is -2.80. The van der Waals surface area contributed by atoms with Crippen molar-refractivity contribution in [3.8, 4) is 28.7 Å². The second-order valence-electron chi connectivity index (χ2n) is 8.69. The van der Waals surface area contributed by atoms with E-state index in [0.29, 0.717) is 27.5 Å². The number of hydrogen-bond donors (Lipinski definition) is 1. The van der Waals surface area contributed by atoms with Crippen molar-refractivity contribution in [2.24, 2.45) is 0 Å². The summed E-state index contributed by atoms with van der Waals surface area (Å²) in [5.41, 5.74) is 2.57. The van der Waals surface area contributed by atoms with Gasteiger partial charge in [-0.1, -0.05) is 47.5 Å². The summed E-state index contributed by atoms with van der Waals surface area (Å²) < 4.78 is 31.8. The van der Waals surface area contributed by atoms with E-state index in [0.717, 1.165) is 25.1 Å². The van der Waals surface area contributed by atoms with E-state index >= 15 is 0 Å². The van der Waals surface area contributed by atoms with Gasteiger partial charge in [0.2, 0.25) is 0 Å². The maximum atomic E-state index is 12.8. The molecule has 188 valence electrons. The molecule has 0 saturated carbocycles. The molecule has 0 aliphatic carbocycles.